The van der Waals surface area contributed by atoms with E-state index in [1.807, 2.05) is 30.3 Å². The van der Waals surface area contributed by atoms with E-state index >= 15 is 0 Å². The first kappa shape index (κ1) is 19.0. The van der Waals surface area contributed by atoms with Crippen LogP contribution in [-0.4, -0.2) is 25.6 Å². The van der Waals surface area contributed by atoms with Crippen molar-refractivity contribution in [3.8, 4) is 5.75 Å². The molecule has 3 aromatic heterocycles. The Morgan fingerprint density at radius 1 is 1.07 bits per heavy atom. The Balaban J connectivity index is 2.02. The third-order valence-corrected chi connectivity index (χ3v) is 5.09. The van der Waals surface area contributed by atoms with Gasteiger partial charge in [-0.1, -0.05) is 44.2 Å². The summed E-state index contributed by atoms with van der Waals surface area (Å²) < 4.78 is 9.94. The van der Waals surface area contributed by atoms with Crippen molar-refractivity contribution in [3.63, 3.8) is 0 Å². The number of benzene rings is 1. The quantitative estimate of drug-likeness (QED) is 0.506. The van der Waals surface area contributed by atoms with E-state index in [9.17, 15) is 9.59 Å². The van der Waals surface area contributed by atoms with Gasteiger partial charge in [-0.2, -0.15) is 0 Å². The van der Waals surface area contributed by atoms with Gasteiger partial charge in [-0.25, -0.2) is 9.78 Å². The maximum absolute atomic E-state index is 13.3. The number of ether oxygens (including phenoxy) is 1. The third kappa shape index (κ3) is 3.44. The van der Waals surface area contributed by atoms with E-state index in [-0.39, 0.29) is 11.2 Å². The Kier molecular flexibility index (Phi) is 4.96. The molecule has 29 heavy (non-hydrogen) atoms. The second-order valence-corrected chi connectivity index (χ2v) is 7.57. The van der Waals surface area contributed by atoms with Crippen molar-refractivity contribution < 1.29 is 4.74 Å². The van der Waals surface area contributed by atoms with E-state index < -0.39 is 0 Å². The first-order valence-corrected chi connectivity index (χ1v) is 9.73. The van der Waals surface area contributed by atoms with Gasteiger partial charge in [-0.15, -0.1) is 0 Å². The number of rotatable bonds is 6. The lowest BCUT2D eigenvalue weighted by molar-refractivity contribution is 0.414. The van der Waals surface area contributed by atoms with Gasteiger partial charge in [0, 0.05) is 18.8 Å². The number of fused-ring (bicyclic) bond motifs is 3. The molecule has 0 atom stereocenters. The standard InChI is InChI=1S/C22H24N4O3/c1-15(2)9-11-25-21(27)19-20(23-18-13-17(29-3)10-12-24(18)19)26(22(25)28)14-16-7-5-4-6-8-16/h4-8,10,12-13,15H,9,11,14H2,1-3H3. The van der Waals surface area contributed by atoms with Gasteiger partial charge in [0.1, 0.15) is 11.4 Å². The lowest BCUT2D eigenvalue weighted by Gasteiger charge is -2.12. The van der Waals surface area contributed by atoms with Crippen LogP contribution in [0.3, 0.4) is 0 Å². The van der Waals surface area contributed by atoms with E-state index in [1.54, 1.807) is 34.4 Å². The molecule has 0 radical (unpaired) electrons. The zero-order valence-electron chi connectivity index (χ0n) is 16.8. The Morgan fingerprint density at radius 3 is 2.52 bits per heavy atom. The van der Waals surface area contributed by atoms with Crippen molar-refractivity contribution in [2.24, 2.45) is 5.92 Å². The second-order valence-electron chi connectivity index (χ2n) is 7.57. The number of pyridine rings is 1. The summed E-state index contributed by atoms with van der Waals surface area (Å²) in [6.45, 7) is 4.88. The van der Waals surface area contributed by atoms with Gasteiger partial charge in [-0.3, -0.25) is 18.3 Å². The molecule has 1 aromatic carbocycles. The monoisotopic (exact) mass is 392 g/mol. The summed E-state index contributed by atoms with van der Waals surface area (Å²) in [6, 6.07) is 13.2. The Hall–Kier alpha value is -3.35. The summed E-state index contributed by atoms with van der Waals surface area (Å²) >= 11 is 0. The van der Waals surface area contributed by atoms with Crippen molar-refractivity contribution in [3.05, 3.63) is 75.1 Å². The molecular formula is C22H24N4O3. The number of imidazole rings is 1. The smallest absolute Gasteiger partial charge is 0.333 e. The van der Waals surface area contributed by atoms with Crippen LogP contribution in [0.4, 0.5) is 0 Å². The van der Waals surface area contributed by atoms with Gasteiger partial charge in [0.15, 0.2) is 11.2 Å². The zero-order chi connectivity index (χ0) is 20.5. The van der Waals surface area contributed by atoms with Crippen LogP contribution in [0.25, 0.3) is 16.8 Å². The number of hydrogen-bond donors (Lipinski definition) is 0. The van der Waals surface area contributed by atoms with Crippen LogP contribution in [-0.2, 0) is 13.1 Å². The Labute approximate surface area is 167 Å². The lowest BCUT2D eigenvalue weighted by Crippen LogP contribution is -2.40. The maximum Gasteiger partial charge on any atom is 0.333 e. The van der Waals surface area contributed by atoms with Crippen LogP contribution >= 0.6 is 0 Å². The van der Waals surface area contributed by atoms with Crippen LogP contribution in [0.1, 0.15) is 25.8 Å². The maximum atomic E-state index is 13.3. The molecule has 4 rings (SSSR count). The molecule has 0 fully saturated rings. The molecule has 0 bridgehead atoms. The van der Waals surface area contributed by atoms with Crippen molar-refractivity contribution in [2.75, 3.05) is 7.11 Å². The predicted molar refractivity (Wildman–Crippen MR) is 113 cm³/mol. The van der Waals surface area contributed by atoms with Crippen molar-refractivity contribution in [1.29, 1.82) is 0 Å². The summed E-state index contributed by atoms with van der Waals surface area (Å²) in [4.78, 5) is 31.1. The number of nitrogens with zero attached hydrogens (tertiary/aromatic N) is 4. The van der Waals surface area contributed by atoms with E-state index in [4.69, 9.17) is 4.74 Å². The molecule has 7 heteroatoms. The highest BCUT2D eigenvalue weighted by Crippen LogP contribution is 2.18. The summed E-state index contributed by atoms with van der Waals surface area (Å²) in [5.41, 5.74) is 1.69. The third-order valence-electron chi connectivity index (χ3n) is 5.09. The average Bonchev–Trinajstić information content (AvgIpc) is 3.10. The average molecular weight is 392 g/mol. The minimum absolute atomic E-state index is 0.312. The highest BCUT2D eigenvalue weighted by atomic mass is 16.5. The highest BCUT2D eigenvalue weighted by Gasteiger charge is 2.19. The van der Waals surface area contributed by atoms with Gasteiger partial charge >= 0.3 is 5.69 Å². The first-order valence-electron chi connectivity index (χ1n) is 9.73. The molecule has 7 nitrogen and oxygen atoms in total. The molecule has 0 aliphatic rings. The van der Waals surface area contributed by atoms with Crippen molar-refractivity contribution in [1.82, 2.24) is 18.5 Å². The Morgan fingerprint density at radius 2 is 1.83 bits per heavy atom. The molecule has 150 valence electrons. The molecule has 0 spiro atoms. The molecule has 0 amide bonds. The molecule has 0 N–H and O–H groups in total. The number of methoxy groups -OCH3 is 1. The number of aromatic nitrogens is 4. The molecule has 0 aliphatic heterocycles. The Bertz CT molecular complexity index is 1280. The minimum Gasteiger partial charge on any atom is -0.497 e. The largest absolute Gasteiger partial charge is 0.497 e. The van der Waals surface area contributed by atoms with Gasteiger partial charge in [0.05, 0.1) is 13.7 Å². The lowest BCUT2D eigenvalue weighted by atomic mass is 10.1. The van der Waals surface area contributed by atoms with Crippen LogP contribution in [0.15, 0.2) is 58.3 Å². The van der Waals surface area contributed by atoms with Crippen LogP contribution in [0.2, 0.25) is 0 Å². The van der Waals surface area contributed by atoms with E-state index in [0.29, 0.717) is 41.6 Å². The zero-order valence-corrected chi connectivity index (χ0v) is 16.8. The molecule has 0 saturated carbocycles. The van der Waals surface area contributed by atoms with Crippen LogP contribution in [0, 0.1) is 5.92 Å². The molecule has 0 unspecified atom stereocenters. The first-order chi connectivity index (χ1) is 14.0. The molecule has 4 aromatic rings. The summed E-state index contributed by atoms with van der Waals surface area (Å²) in [7, 11) is 1.58. The fourth-order valence-electron chi connectivity index (χ4n) is 3.47. The summed E-state index contributed by atoms with van der Waals surface area (Å²) in [6.07, 6.45) is 2.51. The fourth-order valence-corrected chi connectivity index (χ4v) is 3.47. The van der Waals surface area contributed by atoms with Crippen molar-refractivity contribution >= 4 is 16.8 Å². The number of hydrogen-bond acceptors (Lipinski definition) is 4. The molecule has 3 heterocycles. The SMILES string of the molecule is COc1ccn2c(c1)nc1c2c(=O)n(CCC(C)C)c(=O)n1Cc1ccccc1. The van der Waals surface area contributed by atoms with Crippen molar-refractivity contribution in [2.45, 2.75) is 33.4 Å². The van der Waals surface area contributed by atoms with Gasteiger partial charge < -0.3 is 4.74 Å². The predicted octanol–water partition coefficient (Wildman–Crippen LogP) is 2.91. The summed E-state index contributed by atoms with van der Waals surface area (Å²) in [5.74, 6) is 1.02. The highest BCUT2D eigenvalue weighted by molar-refractivity contribution is 5.77. The topological polar surface area (TPSA) is 70.5 Å². The van der Waals surface area contributed by atoms with E-state index in [2.05, 4.69) is 18.8 Å². The second kappa shape index (κ2) is 7.58. The molecule has 0 saturated heterocycles. The minimum atomic E-state index is -0.331. The van der Waals surface area contributed by atoms with Gasteiger partial charge in [0.25, 0.3) is 5.56 Å². The molecular weight excluding hydrogens is 368 g/mol. The fraction of sp³-hybridized carbons (Fsp3) is 0.318. The van der Waals surface area contributed by atoms with E-state index in [1.165, 1.54) is 4.57 Å². The van der Waals surface area contributed by atoms with Gasteiger partial charge in [-0.05, 0) is 24.0 Å². The van der Waals surface area contributed by atoms with Crippen LogP contribution in [0.5, 0.6) is 5.75 Å². The van der Waals surface area contributed by atoms with E-state index in [0.717, 1.165) is 12.0 Å². The molecule has 0 aliphatic carbocycles. The van der Waals surface area contributed by atoms with Crippen LogP contribution < -0.4 is 16.0 Å². The van der Waals surface area contributed by atoms with Gasteiger partial charge in [0.2, 0.25) is 0 Å². The summed E-state index contributed by atoms with van der Waals surface area (Å²) in [5, 5.41) is 0. The normalized spacial score (nSPS) is 11.6.